The molecule has 10 nitrogen and oxygen atoms in total. The van der Waals surface area contributed by atoms with Crippen LogP contribution >= 0.6 is 22.9 Å². The summed E-state index contributed by atoms with van der Waals surface area (Å²) in [4.78, 5) is 29.7. The average molecular weight is 543 g/mol. The molecule has 0 unspecified atom stereocenters. The second-order valence-electron chi connectivity index (χ2n) is 7.92. The van der Waals surface area contributed by atoms with Crippen LogP contribution in [0.15, 0.2) is 36.8 Å². The van der Waals surface area contributed by atoms with E-state index in [2.05, 4.69) is 30.9 Å². The SMILES string of the molecule is O=C(Nc1c(Cl)ccc2[nH]ncc12)c1cnc(Nc2ccn(CC(=O)N3CC(F)(F)C(F)(F)C3)n2)s1. The molecule has 1 aliphatic rings. The summed E-state index contributed by atoms with van der Waals surface area (Å²) < 4.78 is 54.5. The van der Waals surface area contributed by atoms with Crippen molar-refractivity contribution in [2.75, 3.05) is 23.7 Å². The fourth-order valence-electron chi connectivity index (χ4n) is 3.54. The number of anilines is 3. The van der Waals surface area contributed by atoms with Crippen LogP contribution in [0.25, 0.3) is 10.9 Å². The van der Waals surface area contributed by atoms with Crippen LogP contribution in [0.1, 0.15) is 9.67 Å². The van der Waals surface area contributed by atoms with E-state index in [1.165, 1.54) is 18.5 Å². The van der Waals surface area contributed by atoms with Gasteiger partial charge in [0.25, 0.3) is 5.91 Å². The van der Waals surface area contributed by atoms with Gasteiger partial charge in [0, 0.05) is 17.6 Å². The molecule has 3 aromatic heterocycles. The summed E-state index contributed by atoms with van der Waals surface area (Å²) in [6.45, 7) is -3.20. The standard InChI is InChI=1S/C20H15ClF4N8O2S/c21-11-1-2-12-10(5-27-30-12)16(11)29-17(35)13-6-26-18(36-13)28-14-3-4-33(31-14)7-15(34)32-8-19(22,23)20(24,25)9-32/h1-6H,7-9H2,(H,27,30)(H,29,35)(H,26,28,31). The molecule has 0 bridgehead atoms. The second kappa shape index (κ2) is 8.74. The maximum Gasteiger partial charge on any atom is 0.329 e. The molecule has 1 aromatic carbocycles. The minimum absolute atomic E-state index is 0.243. The molecule has 16 heteroatoms. The number of amides is 2. The summed E-state index contributed by atoms with van der Waals surface area (Å²) in [5.74, 6) is -9.67. The van der Waals surface area contributed by atoms with Crippen molar-refractivity contribution >= 4 is 62.3 Å². The highest BCUT2D eigenvalue weighted by Crippen LogP contribution is 2.41. The van der Waals surface area contributed by atoms with Crippen molar-refractivity contribution in [1.82, 2.24) is 29.9 Å². The molecule has 3 N–H and O–H groups in total. The van der Waals surface area contributed by atoms with Gasteiger partial charge in [-0.25, -0.2) is 4.98 Å². The third kappa shape index (κ3) is 4.46. The number of hydrogen-bond donors (Lipinski definition) is 3. The van der Waals surface area contributed by atoms with Crippen LogP contribution in [-0.4, -0.2) is 66.6 Å². The number of hydrogen-bond acceptors (Lipinski definition) is 7. The third-order valence-corrected chi connectivity index (χ3v) is 6.61. The molecule has 0 spiro atoms. The number of benzene rings is 1. The van der Waals surface area contributed by atoms with Gasteiger partial charge in [-0.3, -0.25) is 19.4 Å². The smallest absolute Gasteiger partial charge is 0.328 e. The Morgan fingerprint density at radius 2 is 1.89 bits per heavy atom. The van der Waals surface area contributed by atoms with Crippen LogP contribution in [0.4, 0.5) is 34.2 Å². The summed E-state index contributed by atoms with van der Waals surface area (Å²) in [6.07, 6.45) is 4.26. The number of fused-ring (bicyclic) bond motifs is 1. The fraction of sp³-hybridized carbons (Fsp3) is 0.250. The van der Waals surface area contributed by atoms with E-state index in [1.807, 2.05) is 0 Å². The quantitative estimate of drug-likeness (QED) is 0.317. The van der Waals surface area contributed by atoms with E-state index in [9.17, 15) is 27.2 Å². The topological polar surface area (TPSA) is 121 Å². The van der Waals surface area contributed by atoms with Gasteiger partial charge < -0.3 is 15.5 Å². The molecule has 0 radical (unpaired) electrons. The molecule has 5 rings (SSSR count). The maximum absolute atomic E-state index is 13.4. The number of aromatic nitrogens is 5. The Kier molecular flexibility index (Phi) is 5.83. The van der Waals surface area contributed by atoms with Crippen LogP contribution < -0.4 is 10.6 Å². The normalized spacial score (nSPS) is 16.4. The highest BCUT2D eigenvalue weighted by molar-refractivity contribution is 7.17. The lowest BCUT2D eigenvalue weighted by Crippen LogP contribution is -2.38. The number of halogens is 5. The molecule has 1 saturated heterocycles. The highest BCUT2D eigenvalue weighted by Gasteiger charge is 2.63. The Hall–Kier alpha value is -3.72. The number of alkyl halides is 4. The first-order valence-electron chi connectivity index (χ1n) is 10.2. The lowest BCUT2D eigenvalue weighted by molar-refractivity contribution is -0.172. The fourth-order valence-corrected chi connectivity index (χ4v) is 4.47. The number of nitrogens with zero attached hydrogens (tertiary/aromatic N) is 5. The summed E-state index contributed by atoms with van der Waals surface area (Å²) in [5, 5.41) is 17.7. The zero-order chi connectivity index (χ0) is 25.7. The van der Waals surface area contributed by atoms with Gasteiger partial charge in [-0.15, -0.1) is 0 Å². The Balaban J connectivity index is 1.21. The van der Waals surface area contributed by atoms with E-state index in [4.69, 9.17) is 11.6 Å². The van der Waals surface area contributed by atoms with Crippen LogP contribution in [0.5, 0.6) is 0 Å². The van der Waals surface area contributed by atoms with Crippen LogP contribution in [0.2, 0.25) is 5.02 Å². The lowest BCUT2D eigenvalue weighted by atomic mass is 10.2. The molecular formula is C20H15ClF4N8O2S. The molecule has 0 saturated carbocycles. The van der Waals surface area contributed by atoms with E-state index in [0.29, 0.717) is 31.6 Å². The van der Waals surface area contributed by atoms with Gasteiger partial charge in [-0.05, 0) is 12.1 Å². The van der Waals surface area contributed by atoms with Gasteiger partial charge in [0.15, 0.2) is 10.9 Å². The largest absolute Gasteiger partial charge is 0.329 e. The highest BCUT2D eigenvalue weighted by atomic mass is 35.5. The van der Waals surface area contributed by atoms with Gasteiger partial charge >= 0.3 is 11.8 Å². The molecule has 188 valence electrons. The Morgan fingerprint density at radius 1 is 1.14 bits per heavy atom. The predicted molar refractivity (Wildman–Crippen MR) is 123 cm³/mol. The first-order valence-corrected chi connectivity index (χ1v) is 11.4. The number of H-pyrrole nitrogens is 1. The number of rotatable bonds is 6. The molecule has 36 heavy (non-hydrogen) atoms. The molecule has 1 fully saturated rings. The summed E-state index contributed by atoms with van der Waals surface area (Å²) in [6, 6.07) is 4.83. The van der Waals surface area contributed by atoms with Gasteiger partial charge in [0.2, 0.25) is 5.91 Å². The summed E-state index contributed by atoms with van der Waals surface area (Å²) in [7, 11) is 0. The van der Waals surface area contributed by atoms with Crippen molar-refractivity contribution in [2.24, 2.45) is 0 Å². The van der Waals surface area contributed by atoms with Crippen LogP contribution in [-0.2, 0) is 11.3 Å². The second-order valence-corrected chi connectivity index (χ2v) is 9.36. The van der Waals surface area contributed by atoms with E-state index >= 15 is 0 Å². The van der Waals surface area contributed by atoms with E-state index < -0.39 is 43.3 Å². The number of likely N-dealkylation sites (tertiary alicyclic amines) is 1. The van der Waals surface area contributed by atoms with Crippen LogP contribution in [0.3, 0.4) is 0 Å². The molecule has 0 aliphatic carbocycles. The lowest BCUT2D eigenvalue weighted by Gasteiger charge is -2.14. The van der Waals surface area contributed by atoms with E-state index in [0.717, 1.165) is 16.0 Å². The summed E-state index contributed by atoms with van der Waals surface area (Å²) in [5.41, 5.74) is 1.09. The number of carbonyl (C=O) groups excluding carboxylic acids is 2. The van der Waals surface area contributed by atoms with E-state index in [1.54, 1.807) is 18.3 Å². The summed E-state index contributed by atoms with van der Waals surface area (Å²) >= 11 is 7.24. The van der Waals surface area contributed by atoms with Crippen LogP contribution in [0, 0.1) is 0 Å². The van der Waals surface area contributed by atoms with Crippen molar-refractivity contribution in [2.45, 2.75) is 18.4 Å². The van der Waals surface area contributed by atoms with Gasteiger partial charge in [-0.1, -0.05) is 22.9 Å². The molecule has 0 atom stereocenters. The van der Waals surface area contributed by atoms with Gasteiger partial charge in [0.1, 0.15) is 11.4 Å². The zero-order valence-electron chi connectivity index (χ0n) is 17.9. The predicted octanol–water partition coefficient (Wildman–Crippen LogP) is 3.98. The first-order chi connectivity index (χ1) is 17.0. The minimum atomic E-state index is -4.27. The minimum Gasteiger partial charge on any atom is -0.328 e. The Bertz CT molecular complexity index is 1450. The van der Waals surface area contributed by atoms with Crippen molar-refractivity contribution in [3.8, 4) is 0 Å². The monoisotopic (exact) mass is 542 g/mol. The first kappa shape index (κ1) is 24.0. The van der Waals surface area contributed by atoms with Gasteiger partial charge in [0.05, 0.1) is 41.7 Å². The third-order valence-electron chi connectivity index (χ3n) is 5.38. The number of thiazole rings is 1. The number of carbonyl (C=O) groups is 2. The van der Waals surface area contributed by atoms with Crippen molar-refractivity contribution in [1.29, 1.82) is 0 Å². The van der Waals surface area contributed by atoms with Crippen molar-refractivity contribution in [3.63, 3.8) is 0 Å². The molecule has 4 aromatic rings. The molecule has 1 aliphatic heterocycles. The van der Waals surface area contributed by atoms with Crippen molar-refractivity contribution < 1.29 is 27.2 Å². The van der Waals surface area contributed by atoms with Gasteiger partial charge in [-0.2, -0.15) is 27.8 Å². The number of nitrogens with one attached hydrogen (secondary N) is 3. The maximum atomic E-state index is 13.4. The number of aromatic amines is 1. The average Bonchev–Trinajstić information content (AvgIpc) is 3.58. The zero-order valence-corrected chi connectivity index (χ0v) is 19.5. The molecule has 2 amide bonds. The van der Waals surface area contributed by atoms with Crippen molar-refractivity contribution in [3.05, 3.63) is 46.7 Å². The Morgan fingerprint density at radius 3 is 2.64 bits per heavy atom. The Labute approximate surface area is 208 Å². The van der Waals surface area contributed by atoms with E-state index in [-0.39, 0.29) is 10.7 Å². The molecule has 4 heterocycles. The molecular weight excluding hydrogens is 528 g/mol.